The molecule has 0 bridgehead atoms. The summed E-state index contributed by atoms with van der Waals surface area (Å²) in [6.45, 7) is 2.15. The second-order valence-electron chi connectivity index (χ2n) is 5.25. The van der Waals surface area contributed by atoms with Crippen LogP contribution < -0.4 is 0 Å². The highest BCUT2D eigenvalue weighted by atomic mass is 35.5. The quantitative estimate of drug-likeness (QED) is 0.705. The minimum absolute atomic E-state index is 0.233. The van der Waals surface area contributed by atoms with E-state index in [1.165, 1.54) is 5.56 Å². The normalized spacial score (nSPS) is 28.7. The van der Waals surface area contributed by atoms with Crippen LogP contribution in [0.5, 0.6) is 0 Å². The van der Waals surface area contributed by atoms with E-state index < -0.39 is 0 Å². The number of carbonyl (C=O) groups excluding carboxylic acids is 1. The molecule has 3 rings (SSSR count). The summed E-state index contributed by atoms with van der Waals surface area (Å²) in [5.74, 6) is 1.24. The van der Waals surface area contributed by atoms with Crippen molar-refractivity contribution >= 4 is 17.4 Å². The highest BCUT2D eigenvalue weighted by Gasteiger charge is 2.37. The SMILES string of the molecule is CN1CC[C@@H]2CC(=O)c3c(Cl)cccc3[C@H]2C1. The maximum atomic E-state index is 12.1. The lowest BCUT2D eigenvalue weighted by Gasteiger charge is -2.40. The number of ketones is 1. The zero-order valence-corrected chi connectivity index (χ0v) is 10.7. The molecule has 3 heteroatoms. The number of fused-ring (bicyclic) bond motifs is 3. The van der Waals surface area contributed by atoms with Crippen molar-refractivity contribution in [3.05, 3.63) is 34.3 Å². The van der Waals surface area contributed by atoms with Gasteiger partial charge in [-0.3, -0.25) is 4.79 Å². The Bertz CT molecular complexity index is 471. The van der Waals surface area contributed by atoms with E-state index in [2.05, 4.69) is 18.0 Å². The summed E-state index contributed by atoms with van der Waals surface area (Å²) < 4.78 is 0. The first-order chi connectivity index (χ1) is 8.16. The summed E-state index contributed by atoms with van der Waals surface area (Å²) in [4.78, 5) is 14.5. The van der Waals surface area contributed by atoms with Crippen molar-refractivity contribution in [1.29, 1.82) is 0 Å². The highest BCUT2D eigenvalue weighted by molar-refractivity contribution is 6.34. The van der Waals surface area contributed by atoms with E-state index in [-0.39, 0.29) is 5.78 Å². The molecule has 0 spiro atoms. The summed E-state index contributed by atoms with van der Waals surface area (Å²) in [7, 11) is 2.15. The molecule has 90 valence electrons. The first kappa shape index (κ1) is 11.2. The molecule has 0 amide bonds. The lowest BCUT2D eigenvalue weighted by Crippen LogP contribution is -2.40. The third kappa shape index (κ3) is 1.80. The van der Waals surface area contributed by atoms with Crippen molar-refractivity contribution in [2.24, 2.45) is 5.92 Å². The van der Waals surface area contributed by atoms with Crippen LogP contribution in [0, 0.1) is 5.92 Å². The van der Waals surface area contributed by atoms with Gasteiger partial charge in [0.15, 0.2) is 5.78 Å². The fourth-order valence-electron chi connectivity index (χ4n) is 3.24. The summed E-state index contributed by atoms with van der Waals surface area (Å²) >= 11 is 6.17. The Morgan fingerprint density at radius 3 is 3.06 bits per heavy atom. The maximum Gasteiger partial charge on any atom is 0.164 e. The van der Waals surface area contributed by atoms with Gasteiger partial charge in [0.2, 0.25) is 0 Å². The molecule has 1 aliphatic carbocycles. The Morgan fingerprint density at radius 2 is 2.24 bits per heavy atom. The molecule has 1 aromatic carbocycles. The molecule has 0 saturated carbocycles. The number of hydrogen-bond acceptors (Lipinski definition) is 2. The molecule has 2 aliphatic rings. The molecule has 1 aromatic rings. The molecule has 0 N–H and O–H groups in total. The summed E-state index contributed by atoms with van der Waals surface area (Å²) in [5, 5.41) is 0.624. The van der Waals surface area contributed by atoms with E-state index >= 15 is 0 Å². The van der Waals surface area contributed by atoms with Crippen molar-refractivity contribution in [3.63, 3.8) is 0 Å². The van der Waals surface area contributed by atoms with E-state index in [4.69, 9.17) is 11.6 Å². The third-order valence-electron chi connectivity index (χ3n) is 4.13. The maximum absolute atomic E-state index is 12.1. The molecule has 0 radical (unpaired) electrons. The number of nitrogens with zero attached hydrogens (tertiary/aromatic N) is 1. The van der Waals surface area contributed by atoms with Crippen LogP contribution in [-0.4, -0.2) is 30.8 Å². The first-order valence-electron chi connectivity index (χ1n) is 6.17. The Morgan fingerprint density at radius 1 is 1.41 bits per heavy atom. The Balaban J connectivity index is 2.08. The monoisotopic (exact) mass is 249 g/mol. The molecule has 2 atom stereocenters. The molecule has 1 saturated heterocycles. The van der Waals surface area contributed by atoms with Crippen molar-refractivity contribution in [3.8, 4) is 0 Å². The fraction of sp³-hybridized carbons (Fsp3) is 0.500. The Hall–Kier alpha value is -0.860. The van der Waals surface area contributed by atoms with Gasteiger partial charge in [-0.25, -0.2) is 0 Å². The van der Waals surface area contributed by atoms with Gasteiger partial charge in [-0.1, -0.05) is 23.7 Å². The van der Waals surface area contributed by atoms with E-state index in [0.29, 0.717) is 23.3 Å². The van der Waals surface area contributed by atoms with E-state index in [9.17, 15) is 4.79 Å². The zero-order chi connectivity index (χ0) is 12.0. The van der Waals surface area contributed by atoms with Crippen LogP contribution in [0.25, 0.3) is 0 Å². The van der Waals surface area contributed by atoms with E-state index in [0.717, 1.165) is 25.1 Å². The number of likely N-dealkylation sites (tertiary alicyclic amines) is 1. The number of piperidine rings is 1. The van der Waals surface area contributed by atoms with Gasteiger partial charge in [0.1, 0.15) is 0 Å². The lowest BCUT2D eigenvalue weighted by atomic mass is 9.71. The lowest BCUT2D eigenvalue weighted by molar-refractivity contribution is 0.0887. The van der Waals surface area contributed by atoms with Crippen molar-refractivity contribution in [2.75, 3.05) is 20.1 Å². The van der Waals surface area contributed by atoms with Gasteiger partial charge in [0.05, 0.1) is 5.02 Å². The smallest absolute Gasteiger partial charge is 0.164 e. The van der Waals surface area contributed by atoms with Crippen molar-refractivity contribution in [1.82, 2.24) is 4.90 Å². The summed E-state index contributed by atoms with van der Waals surface area (Å²) in [6.07, 6.45) is 1.80. The molecule has 0 aromatic heterocycles. The number of benzene rings is 1. The van der Waals surface area contributed by atoms with Gasteiger partial charge in [0.25, 0.3) is 0 Å². The van der Waals surface area contributed by atoms with Crippen LogP contribution in [0.1, 0.15) is 34.7 Å². The Labute approximate surface area is 107 Å². The molecule has 1 aliphatic heterocycles. The van der Waals surface area contributed by atoms with Crippen LogP contribution in [0.15, 0.2) is 18.2 Å². The molecular weight excluding hydrogens is 234 g/mol. The average Bonchev–Trinajstić information content (AvgIpc) is 2.30. The molecule has 1 fully saturated rings. The van der Waals surface area contributed by atoms with Gasteiger partial charge in [-0.15, -0.1) is 0 Å². The van der Waals surface area contributed by atoms with Crippen LogP contribution in [0.2, 0.25) is 5.02 Å². The van der Waals surface area contributed by atoms with Gasteiger partial charge in [-0.2, -0.15) is 0 Å². The average molecular weight is 250 g/mol. The number of Topliss-reactive ketones (excluding diaryl/α,β-unsaturated/α-hetero) is 1. The van der Waals surface area contributed by atoms with E-state index in [1.807, 2.05) is 12.1 Å². The van der Waals surface area contributed by atoms with Gasteiger partial charge >= 0.3 is 0 Å². The molecule has 17 heavy (non-hydrogen) atoms. The first-order valence-corrected chi connectivity index (χ1v) is 6.55. The van der Waals surface area contributed by atoms with E-state index in [1.54, 1.807) is 0 Å². The number of hydrogen-bond donors (Lipinski definition) is 0. The minimum Gasteiger partial charge on any atom is -0.306 e. The zero-order valence-electron chi connectivity index (χ0n) is 9.95. The van der Waals surface area contributed by atoms with Crippen molar-refractivity contribution < 1.29 is 4.79 Å². The van der Waals surface area contributed by atoms with Gasteiger partial charge < -0.3 is 4.90 Å². The fourth-order valence-corrected chi connectivity index (χ4v) is 3.53. The largest absolute Gasteiger partial charge is 0.306 e. The number of carbonyl (C=O) groups is 1. The second kappa shape index (κ2) is 4.11. The topological polar surface area (TPSA) is 20.3 Å². The predicted molar refractivity (Wildman–Crippen MR) is 68.7 cm³/mol. The summed E-state index contributed by atoms with van der Waals surface area (Å²) in [5.41, 5.74) is 1.95. The Kier molecular flexibility index (Phi) is 2.72. The van der Waals surface area contributed by atoms with Crippen LogP contribution >= 0.6 is 11.6 Å². The molecular formula is C14H16ClNO. The number of likely N-dealkylation sites (N-methyl/N-ethyl adjacent to an activating group) is 1. The van der Waals surface area contributed by atoms with Crippen LogP contribution in [0.3, 0.4) is 0 Å². The molecule has 1 heterocycles. The standard InChI is InChI=1S/C14H16ClNO/c1-16-6-5-9-7-13(17)14-10(11(9)8-16)3-2-4-12(14)15/h2-4,9,11H,5-8H2,1H3/t9-,11+/m1/s1. The minimum atomic E-state index is 0.233. The van der Waals surface area contributed by atoms with Crippen LogP contribution in [0.4, 0.5) is 0 Å². The third-order valence-corrected chi connectivity index (χ3v) is 4.45. The van der Waals surface area contributed by atoms with Gasteiger partial charge in [-0.05, 0) is 37.6 Å². The predicted octanol–water partition coefficient (Wildman–Crippen LogP) is 2.96. The number of halogens is 1. The molecule has 2 nitrogen and oxygen atoms in total. The molecule has 0 unspecified atom stereocenters. The van der Waals surface area contributed by atoms with Crippen molar-refractivity contribution in [2.45, 2.75) is 18.8 Å². The second-order valence-corrected chi connectivity index (χ2v) is 5.66. The summed E-state index contributed by atoms with van der Waals surface area (Å²) in [6, 6.07) is 5.87. The van der Waals surface area contributed by atoms with Crippen LogP contribution in [-0.2, 0) is 0 Å². The number of rotatable bonds is 0. The van der Waals surface area contributed by atoms with Gasteiger partial charge in [0, 0.05) is 24.4 Å². The highest BCUT2D eigenvalue weighted by Crippen LogP contribution is 2.42.